The number of amides is 1. The third-order valence-electron chi connectivity index (χ3n) is 4.26. The fourth-order valence-corrected chi connectivity index (χ4v) is 4.26. The molecule has 0 aliphatic rings. The maximum absolute atomic E-state index is 12.7. The van der Waals surface area contributed by atoms with Crippen LogP contribution in [0, 0.1) is 0 Å². The predicted molar refractivity (Wildman–Crippen MR) is 115 cm³/mol. The zero-order valence-corrected chi connectivity index (χ0v) is 17.3. The number of thiophene rings is 1. The Morgan fingerprint density at radius 1 is 1.14 bits per heavy atom. The van der Waals surface area contributed by atoms with Crippen LogP contribution in [-0.4, -0.2) is 22.8 Å². The van der Waals surface area contributed by atoms with Crippen molar-refractivity contribution in [3.63, 3.8) is 0 Å². The minimum absolute atomic E-state index is 0.204. The molecule has 0 saturated carbocycles. The molecule has 28 heavy (non-hydrogen) atoms. The summed E-state index contributed by atoms with van der Waals surface area (Å²) in [7, 11) is 3.41. The number of hydrogen-bond acceptors (Lipinski definition) is 4. The van der Waals surface area contributed by atoms with Gasteiger partial charge in [0.2, 0.25) is 0 Å². The second kappa shape index (κ2) is 7.47. The van der Waals surface area contributed by atoms with Crippen molar-refractivity contribution >= 4 is 56.3 Å². The van der Waals surface area contributed by atoms with Gasteiger partial charge in [-0.1, -0.05) is 35.3 Å². The first-order chi connectivity index (χ1) is 13.5. The number of benzene rings is 2. The van der Waals surface area contributed by atoms with Gasteiger partial charge in [-0.15, -0.1) is 11.3 Å². The SMILES string of the molecule is COc1ccc(NC(=O)c2cc3c(-c4ccc(Cl)cc4)nn(C)c3s2)cc1Cl. The normalized spacial score (nSPS) is 11.0. The number of nitrogens with zero attached hydrogens (tertiary/aromatic N) is 2. The summed E-state index contributed by atoms with van der Waals surface area (Å²) in [5.74, 6) is 0.352. The van der Waals surface area contributed by atoms with Gasteiger partial charge in [-0.05, 0) is 36.4 Å². The molecule has 1 amide bonds. The molecule has 8 heteroatoms. The zero-order valence-electron chi connectivity index (χ0n) is 15.0. The molecule has 2 aromatic carbocycles. The lowest BCUT2D eigenvalue weighted by Crippen LogP contribution is -2.10. The van der Waals surface area contributed by atoms with E-state index in [1.54, 1.807) is 30.0 Å². The molecule has 0 aliphatic carbocycles. The second-order valence-corrected chi connectivity index (χ2v) is 7.99. The first-order valence-corrected chi connectivity index (χ1v) is 9.91. The number of halogens is 2. The molecule has 2 aromatic heterocycles. The van der Waals surface area contributed by atoms with Crippen LogP contribution in [0.5, 0.6) is 5.75 Å². The standard InChI is InChI=1S/C20H15Cl2N3O2S/c1-25-20-14(18(24-25)11-3-5-12(21)6-4-11)10-17(28-20)19(26)23-13-7-8-16(27-2)15(22)9-13/h3-10H,1-2H3,(H,23,26). The van der Waals surface area contributed by atoms with Crippen molar-refractivity contribution in [3.05, 3.63) is 63.5 Å². The van der Waals surface area contributed by atoms with Crippen molar-refractivity contribution in [3.8, 4) is 17.0 Å². The minimum Gasteiger partial charge on any atom is -0.495 e. The van der Waals surface area contributed by atoms with Crippen LogP contribution in [0.4, 0.5) is 5.69 Å². The molecule has 4 rings (SSSR count). The van der Waals surface area contributed by atoms with E-state index in [0.717, 1.165) is 21.5 Å². The van der Waals surface area contributed by atoms with Crippen LogP contribution in [0.3, 0.4) is 0 Å². The van der Waals surface area contributed by atoms with E-state index >= 15 is 0 Å². The van der Waals surface area contributed by atoms with Gasteiger partial charge < -0.3 is 10.1 Å². The highest BCUT2D eigenvalue weighted by Crippen LogP contribution is 2.34. The van der Waals surface area contributed by atoms with Gasteiger partial charge in [0.15, 0.2) is 0 Å². The Morgan fingerprint density at radius 3 is 2.57 bits per heavy atom. The Morgan fingerprint density at radius 2 is 1.89 bits per heavy atom. The van der Waals surface area contributed by atoms with E-state index in [1.165, 1.54) is 11.3 Å². The Hall–Kier alpha value is -2.54. The van der Waals surface area contributed by atoms with Gasteiger partial charge in [0, 0.05) is 28.7 Å². The van der Waals surface area contributed by atoms with Crippen LogP contribution in [0.15, 0.2) is 48.5 Å². The lowest BCUT2D eigenvalue weighted by Gasteiger charge is -2.07. The van der Waals surface area contributed by atoms with Gasteiger partial charge in [-0.25, -0.2) is 0 Å². The number of aromatic nitrogens is 2. The first kappa shape index (κ1) is 18.8. The topological polar surface area (TPSA) is 56.1 Å². The molecule has 0 unspecified atom stereocenters. The van der Waals surface area contributed by atoms with Gasteiger partial charge in [0.1, 0.15) is 16.3 Å². The third-order valence-corrected chi connectivity index (χ3v) is 6.01. The van der Waals surface area contributed by atoms with Crippen molar-refractivity contribution in [2.45, 2.75) is 0 Å². The number of rotatable bonds is 4. The number of hydrogen-bond donors (Lipinski definition) is 1. The smallest absolute Gasteiger partial charge is 0.265 e. The third kappa shape index (κ3) is 3.46. The zero-order chi connectivity index (χ0) is 19.8. The highest BCUT2D eigenvalue weighted by molar-refractivity contribution is 7.20. The largest absolute Gasteiger partial charge is 0.495 e. The van der Waals surface area contributed by atoms with Gasteiger partial charge in [0.25, 0.3) is 5.91 Å². The molecule has 0 aliphatic heterocycles. The number of methoxy groups -OCH3 is 1. The van der Waals surface area contributed by atoms with E-state index in [0.29, 0.717) is 26.4 Å². The van der Waals surface area contributed by atoms with Gasteiger partial charge in [0.05, 0.1) is 17.0 Å². The van der Waals surface area contributed by atoms with Crippen LogP contribution < -0.4 is 10.1 Å². The number of aryl methyl sites for hydroxylation is 1. The highest BCUT2D eigenvalue weighted by Gasteiger charge is 2.18. The summed E-state index contributed by atoms with van der Waals surface area (Å²) in [5, 5.41) is 9.48. The van der Waals surface area contributed by atoms with Crippen molar-refractivity contribution < 1.29 is 9.53 Å². The van der Waals surface area contributed by atoms with Crippen molar-refractivity contribution in [1.29, 1.82) is 0 Å². The number of anilines is 1. The average molecular weight is 432 g/mol. The lowest BCUT2D eigenvalue weighted by molar-refractivity contribution is 0.103. The molecule has 142 valence electrons. The lowest BCUT2D eigenvalue weighted by atomic mass is 10.1. The molecule has 0 spiro atoms. The van der Waals surface area contributed by atoms with Gasteiger partial charge in [-0.2, -0.15) is 5.10 Å². The molecule has 2 heterocycles. The van der Waals surface area contributed by atoms with Crippen molar-refractivity contribution in [2.24, 2.45) is 7.05 Å². The highest BCUT2D eigenvalue weighted by atomic mass is 35.5. The summed E-state index contributed by atoms with van der Waals surface area (Å²) in [6.07, 6.45) is 0. The van der Waals surface area contributed by atoms with E-state index in [1.807, 2.05) is 37.4 Å². The van der Waals surface area contributed by atoms with E-state index in [2.05, 4.69) is 10.4 Å². The monoisotopic (exact) mass is 431 g/mol. The Labute approximate surface area is 175 Å². The Bertz CT molecular complexity index is 1180. The number of fused-ring (bicyclic) bond motifs is 1. The molecule has 0 saturated heterocycles. The molecule has 4 aromatic rings. The van der Waals surface area contributed by atoms with Crippen LogP contribution in [0.2, 0.25) is 10.0 Å². The Balaban J connectivity index is 1.66. The van der Waals surface area contributed by atoms with Gasteiger partial charge >= 0.3 is 0 Å². The molecular formula is C20H15Cl2N3O2S. The van der Waals surface area contributed by atoms with Crippen LogP contribution >= 0.6 is 34.5 Å². The molecular weight excluding hydrogens is 417 g/mol. The molecule has 0 radical (unpaired) electrons. The minimum atomic E-state index is -0.204. The Kier molecular flexibility index (Phi) is 5.02. The first-order valence-electron chi connectivity index (χ1n) is 8.33. The van der Waals surface area contributed by atoms with E-state index in [-0.39, 0.29) is 5.91 Å². The predicted octanol–water partition coefficient (Wildman–Crippen LogP) is 5.87. The fourth-order valence-electron chi connectivity index (χ4n) is 2.91. The maximum atomic E-state index is 12.7. The molecule has 0 fully saturated rings. The van der Waals surface area contributed by atoms with E-state index in [4.69, 9.17) is 27.9 Å². The quantitative estimate of drug-likeness (QED) is 0.439. The van der Waals surface area contributed by atoms with Gasteiger partial charge in [-0.3, -0.25) is 9.48 Å². The van der Waals surface area contributed by atoms with Crippen molar-refractivity contribution in [2.75, 3.05) is 12.4 Å². The number of carbonyl (C=O) groups is 1. The summed E-state index contributed by atoms with van der Waals surface area (Å²) in [4.78, 5) is 14.2. The average Bonchev–Trinajstić information content (AvgIpc) is 3.24. The van der Waals surface area contributed by atoms with Crippen LogP contribution in [0.25, 0.3) is 21.5 Å². The molecule has 0 bridgehead atoms. The van der Waals surface area contributed by atoms with E-state index in [9.17, 15) is 4.79 Å². The van der Waals surface area contributed by atoms with Crippen LogP contribution in [-0.2, 0) is 7.05 Å². The number of ether oxygens (including phenoxy) is 1. The maximum Gasteiger partial charge on any atom is 0.265 e. The summed E-state index contributed by atoms with van der Waals surface area (Å²) in [5.41, 5.74) is 2.36. The molecule has 5 nitrogen and oxygen atoms in total. The van der Waals surface area contributed by atoms with Crippen molar-refractivity contribution in [1.82, 2.24) is 9.78 Å². The second-order valence-electron chi connectivity index (χ2n) is 6.11. The number of carbonyl (C=O) groups excluding carboxylic acids is 1. The summed E-state index contributed by atoms with van der Waals surface area (Å²) >= 11 is 13.5. The fraction of sp³-hybridized carbons (Fsp3) is 0.100. The molecule has 1 N–H and O–H groups in total. The summed E-state index contributed by atoms with van der Waals surface area (Å²) in [6, 6.07) is 14.5. The van der Waals surface area contributed by atoms with E-state index < -0.39 is 0 Å². The van der Waals surface area contributed by atoms with Crippen LogP contribution in [0.1, 0.15) is 9.67 Å². The summed E-state index contributed by atoms with van der Waals surface area (Å²) < 4.78 is 6.92. The summed E-state index contributed by atoms with van der Waals surface area (Å²) in [6.45, 7) is 0. The molecule has 0 atom stereocenters. The number of nitrogens with one attached hydrogen (secondary N) is 1.